The molecule has 0 aliphatic rings. The second-order valence-corrected chi connectivity index (χ2v) is 4.52. The van der Waals surface area contributed by atoms with Gasteiger partial charge in [0.2, 0.25) is 0 Å². The van der Waals surface area contributed by atoms with Crippen LogP contribution >= 0.6 is 11.3 Å². The predicted octanol–water partition coefficient (Wildman–Crippen LogP) is 3.09. The van der Waals surface area contributed by atoms with Crippen molar-refractivity contribution >= 4 is 11.3 Å². The highest BCUT2D eigenvalue weighted by Gasteiger charge is 2.00. The number of thiophene rings is 1. The summed E-state index contributed by atoms with van der Waals surface area (Å²) in [6.07, 6.45) is 3.91. The molecular weight excluding hydrogens is 204 g/mol. The number of rotatable bonds is 7. The lowest BCUT2D eigenvalue weighted by atomic mass is 10.2. The SMILES string of the molecule is CCc1ccsc1CNCCCCC#N. The van der Waals surface area contributed by atoms with Crippen LogP contribution in [0.4, 0.5) is 0 Å². The Kier molecular flexibility index (Phi) is 6.06. The van der Waals surface area contributed by atoms with E-state index in [1.165, 1.54) is 10.4 Å². The van der Waals surface area contributed by atoms with Gasteiger partial charge in [-0.05, 0) is 42.8 Å². The average Bonchev–Trinajstić information content (AvgIpc) is 2.70. The normalized spacial score (nSPS) is 10.1. The molecule has 0 aliphatic carbocycles. The van der Waals surface area contributed by atoms with Crippen LogP contribution in [-0.2, 0) is 13.0 Å². The fourth-order valence-electron chi connectivity index (χ4n) is 1.49. The molecule has 0 aliphatic heterocycles. The van der Waals surface area contributed by atoms with E-state index in [1.54, 1.807) is 0 Å². The molecule has 0 saturated heterocycles. The van der Waals surface area contributed by atoms with Gasteiger partial charge in [-0.1, -0.05) is 6.92 Å². The molecule has 1 aromatic rings. The molecule has 15 heavy (non-hydrogen) atoms. The van der Waals surface area contributed by atoms with E-state index in [9.17, 15) is 0 Å². The van der Waals surface area contributed by atoms with Crippen molar-refractivity contribution in [2.45, 2.75) is 39.2 Å². The molecule has 0 fully saturated rings. The van der Waals surface area contributed by atoms with Crippen molar-refractivity contribution in [2.24, 2.45) is 0 Å². The molecular formula is C12H18N2S. The van der Waals surface area contributed by atoms with Gasteiger partial charge in [-0.15, -0.1) is 11.3 Å². The van der Waals surface area contributed by atoms with E-state index in [0.29, 0.717) is 6.42 Å². The maximum absolute atomic E-state index is 8.37. The predicted molar refractivity (Wildman–Crippen MR) is 64.9 cm³/mol. The monoisotopic (exact) mass is 222 g/mol. The fraction of sp³-hybridized carbons (Fsp3) is 0.583. The number of aryl methyl sites for hydroxylation is 1. The molecule has 0 amide bonds. The molecule has 0 aromatic carbocycles. The van der Waals surface area contributed by atoms with E-state index in [2.05, 4.69) is 29.8 Å². The molecule has 0 atom stereocenters. The van der Waals surface area contributed by atoms with E-state index >= 15 is 0 Å². The summed E-state index contributed by atoms with van der Waals surface area (Å²) in [4.78, 5) is 1.46. The molecule has 0 bridgehead atoms. The summed E-state index contributed by atoms with van der Waals surface area (Å²) in [5.74, 6) is 0. The van der Waals surface area contributed by atoms with E-state index in [1.807, 2.05) is 11.3 Å². The van der Waals surface area contributed by atoms with Crippen molar-refractivity contribution in [3.8, 4) is 6.07 Å². The van der Waals surface area contributed by atoms with Crippen LogP contribution in [0.15, 0.2) is 11.4 Å². The van der Waals surface area contributed by atoms with E-state index in [-0.39, 0.29) is 0 Å². The molecule has 0 spiro atoms. The summed E-state index contributed by atoms with van der Waals surface area (Å²) in [6, 6.07) is 4.37. The molecule has 0 radical (unpaired) electrons. The van der Waals surface area contributed by atoms with Gasteiger partial charge in [0.1, 0.15) is 0 Å². The van der Waals surface area contributed by atoms with Gasteiger partial charge in [0, 0.05) is 17.8 Å². The summed E-state index contributed by atoms with van der Waals surface area (Å²) in [5, 5.41) is 14.0. The Labute approximate surface area is 95.9 Å². The first-order chi connectivity index (χ1) is 7.38. The molecule has 0 saturated carbocycles. The zero-order valence-electron chi connectivity index (χ0n) is 9.25. The van der Waals surface area contributed by atoms with E-state index in [4.69, 9.17) is 5.26 Å². The van der Waals surface area contributed by atoms with Crippen LogP contribution in [0.2, 0.25) is 0 Å². The summed E-state index contributed by atoms with van der Waals surface area (Å²) >= 11 is 1.83. The Balaban J connectivity index is 2.12. The summed E-state index contributed by atoms with van der Waals surface area (Å²) in [5.41, 5.74) is 1.46. The Hall–Kier alpha value is -0.850. The molecule has 1 rings (SSSR count). The Morgan fingerprint density at radius 2 is 2.33 bits per heavy atom. The topological polar surface area (TPSA) is 35.8 Å². The van der Waals surface area contributed by atoms with Crippen molar-refractivity contribution in [1.29, 1.82) is 5.26 Å². The largest absolute Gasteiger partial charge is 0.312 e. The van der Waals surface area contributed by atoms with Gasteiger partial charge in [-0.2, -0.15) is 5.26 Å². The Morgan fingerprint density at radius 3 is 3.07 bits per heavy atom. The molecule has 1 aromatic heterocycles. The van der Waals surface area contributed by atoms with E-state index < -0.39 is 0 Å². The first-order valence-corrected chi connectivity index (χ1v) is 6.39. The number of nitrogens with zero attached hydrogens (tertiary/aromatic N) is 1. The number of hydrogen-bond donors (Lipinski definition) is 1. The first-order valence-electron chi connectivity index (χ1n) is 5.51. The minimum atomic E-state index is 0.681. The van der Waals surface area contributed by atoms with Gasteiger partial charge >= 0.3 is 0 Å². The van der Waals surface area contributed by atoms with Crippen LogP contribution < -0.4 is 5.32 Å². The number of nitriles is 1. The summed E-state index contributed by atoms with van der Waals surface area (Å²) in [7, 11) is 0. The third kappa shape index (κ3) is 4.46. The zero-order chi connectivity index (χ0) is 10.9. The molecule has 2 nitrogen and oxygen atoms in total. The fourth-order valence-corrected chi connectivity index (χ4v) is 2.44. The highest BCUT2D eigenvalue weighted by Crippen LogP contribution is 2.16. The highest BCUT2D eigenvalue weighted by molar-refractivity contribution is 7.10. The van der Waals surface area contributed by atoms with Crippen LogP contribution in [0.1, 0.15) is 36.6 Å². The zero-order valence-corrected chi connectivity index (χ0v) is 10.1. The number of unbranched alkanes of at least 4 members (excludes halogenated alkanes) is 2. The minimum absolute atomic E-state index is 0.681. The van der Waals surface area contributed by atoms with Gasteiger partial charge in [0.05, 0.1) is 6.07 Å². The third-order valence-corrected chi connectivity index (χ3v) is 3.36. The lowest BCUT2D eigenvalue weighted by Gasteiger charge is -2.03. The lowest BCUT2D eigenvalue weighted by Crippen LogP contribution is -2.14. The molecule has 1 heterocycles. The van der Waals surface area contributed by atoms with Crippen LogP contribution in [0.3, 0.4) is 0 Å². The van der Waals surface area contributed by atoms with Crippen LogP contribution in [-0.4, -0.2) is 6.54 Å². The van der Waals surface area contributed by atoms with Gasteiger partial charge < -0.3 is 5.32 Å². The maximum atomic E-state index is 8.37. The quantitative estimate of drug-likeness (QED) is 0.720. The molecule has 0 unspecified atom stereocenters. The summed E-state index contributed by atoms with van der Waals surface area (Å²) in [6.45, 7) is 4.19. The lowest BCUT2D eigenvalue weighted by molar-refractivity contribution is 0.631. The number of nitrogens with one attached hydrogen (secondary N) is 1. The van der Waals surface area contributed by atoms with Gasteiger partial charge in [-0.25, -0.2) is 0 Å². The van der Waals surface area contributed by atoms with Gasteiger partial charge in [-0.3, -0.25) is 0 Å². The van der Waals surface area contributed by atoms with Crippen molar-refractivity contribution in [1.82, 2.24) is 5.32 Å². The standard InChI is InChI=1S/C12H18N2S/c1-2-11-6-9-15-12(11)10-14-8-5-3-4-7-13/h6,9,14H,2-5,8,10H2,1H3. The van der Waals surface area contributed by atoms with E-state index in [0.717, 1.165) is 32.4 Å². The third-order valence-electron chi connectivity index (χ3n) is 2.40. The second kappa shape index (κ2) is 7.44. The maximum Gasteiger partial charge on any atom is 0.0621 e. The van der Waals surface area contributed by atoms with Crippen molar-refractivity contribution < 1.29 is 0 Å². The van der Waals surface area contributed by atoms with Crippen molar-refractivity contribution in [3.05, 3.63) is 21.9 Å². The first kappa shape index (κ1) is 12.2. The second-order valence-electron chi connectivity index (χ2n) is 3.51. The highest BCUT2D eigenvalue weighted by atomic mass is 32.1. The number of hydrogen-bond acceptors (Lipinski definition) is 3. The average molecular weight is 222 g/mol. The summed E-state index contributed by atoms with van der Waals surface area (Å²) < 4.78 is 0. The van der Waals surface area contributed by atoms with Crippen molar-refractivity contribution in [3.63, 3.8) is 0 Å². The smallest absolute Gasteiger partial charge is 0.0621 e. The van der Waals surface area contributed by atoms with Gasteiger partial charge in [0.25, 0.3) is 0 Å². The van der Waals surface area contributed by atoms with Crippen molar-refractivity contribution in [2.75, 3.05) is 6.54 Å². The van der Waals surface area contributed by atoms with Crippen LogP contribution in [0.25, 0.3) is 0 Å². The molecule has 1 N–H and O–H groups in total. The molecule has 3 heteroatoms. The molecule has 82 valence electrons. The van der Waals surface area contributed by atoms with Crippen LogP contribution in [0.5, 0.6) is 0 Å². The Bertz CT molecular complexity index is 312. The minimum Gasteiger partial charge on any atom is -0.312 e. The Morgan fingerprint density at radius 1 is 1.47 bits per heavy atom. The van der Waals surface area contributed by atoms with Gasteiger partial charge in [0.15, 0.2) is 0 Å². The van der Waals surface area contributed by atoms with Crippen LogP contribution in [0, 0.1) is 11.3 Å².